The van der Waals surface area contributed by atoms with Gasteiger partial charge >= 0.3 is 0 Å². The van der Waals surface area contributed by atoms with Crippen molar-refractivity contribution in [1.82, 2.24) is 0 Å². The van der Waals surface area contributed by atoms with Gasteiger partial charge in [0, 0.05) is 11.5 Å². The summed E-state index contributed by atoms with van der Waals surface area (Å²) < 4.78 is 0. The predicted molar refractivity (Wildman–Crippen MR) is 132 cm³/mol. The minimum absolute atomic E-state index is 0.00932. The molecule has 0 amide bonds. The fourth-order valence-electron chi connectivity index (χ4n) is 4.32. The maximum atomic E-state index is 13.1. The van der Waals surface area contributed by atoms with Crippen molar-refractivity contribution in [1.29, 1.82) is 0 Å². The highest BCUT2D eigenvalue weighted by Crippen LogP contribution is 2.23. The Labute approximate surface area is 190 Å². The Morgan fingerprint density at radius 1 is 0.710 bits per heavy atom. The van der Waals surface area contributed by atoms with Crippen molar-refractivity contribution >= 4 is 5.78 Å². The third-order valence-corrected chi connectivity index (χ3v) is 6.25. The fourth-order valence-corrected chi connectivity index (χ4v) is 4.32. The van der Waals surface area contributed by atoms with E-state index in [1.54, 1.807) is 24.3 Å². The maximum Gasteiger partial charge on any atom is 0.166 e. The molecule has 2 rings (SSSR count). The number of hydrogen-bond donors (Lipinski definition) is 1. The van der Waals surface area contributed by atoms with Gasteiger partial charge in [0.15, 0.2) is 5.78 Å². The summed E-state index contributed by atoms with van der Waals surface area (Å²) in [7, 11) is 0. The second-order valence-corrected chi connectivity index (χ2v) is 8.98. The number of carbonyl (C=O) groups is 1. The molecule has 1 N–H and O–H groups in total. The first kappa shape index (κ1) is 25.2. The summed E-state index contributed by atoms with van der Waals surface area (Å²) >= 11 is 0. The fraction of sp³-hybridized carbons (Fsp3) is 0.552. The van der Waals surface area contributed by atoms with Crippen molar-refractivity contribution in [3.8, 4) is 5.75 Å². The second kappa shape index (κ2) is 15.7. The first-order valence-electron chi connectivity index (χ1n) is 12.6. The number of rotatable bonds is 17. The van der Waals surface area contributed by atoms with Gasteiger partial charge in [-0.1, -0.05) is 114 Å². The molecule has 0 radical (unpaired) electrons. The quantitative estimate of drug-likeness (QED) is 0.205. The van der Waals surface area contributed by atoms with Gasteiger partial charge in [0.25, 0.3) is 0 Å². The number of phenolic OH excluding ortho intramolecular Hbond substituents is 1. The van der Waals surface area contributed by atoms with Crippen LogP contribution >= 0.6 is 0 Å². The molecule has 0 aliphatic carbocycles. The summed E-state index contributed by atoms with van der Waals surface area (Å²) in [5.41, 5.74) is 1.93. The highest BCUT2D eigenvalue weighted by molar-refractivity contribution is 5.98. The van der Waals surface area contributed by atoms with Crippen molar-refractivity contribution < 1.29 is 9.90 Å². The molecule has 0 bridgehead atoms. The van der Waals surface area contributed by atoms with Gasteiger partial charge in [-0.25, -0.2) is 0 Å². The Bertz CT molecular complexity index is 705. The Balaban J connectivity index is 1.70. The summed E-state index contributed by atoms with van der Waals surface area (Å²) in [5, 5.41) is 9.53. The van der Waals surface area contributed by atoms with Crippen LogP contribution in [0.25, 0.3) is 0 Å². The molecule has 0 saturated heterocycles. The van der Waals surface area contributed by atoms with E-state index in [-0.39, 0.29) is 17.5 Å². The normalized spacial score (nSPS) is 12.0. The van der Waals surface area contributed by atoms with Crippen LogP contribution in [0.4, 0.5) is 0 Å². The standard InChI is InChI=1S/C29H42O2/c1-2-3-4-5-6-7-8-9-10-11-12-16-19-27(24-25-17-14-13-15-18-25)29(31)26-20-22-28(30)23-21-26/h13-15,17-18,20-23,27,30H,2-12,16,19,24H2,1H3. The van der Waals surface area contributed by atoms with Crippen LogP contribution in [0.1, 0.15) is 106 Å². The third kappa shape index (κ3) is 10.7. The van der Waals surface area contributed by atoms with Crippen LogP contribution in [-0.2, 0) is 6.42 Å². The lowest BCUT2D eigenvalue weighted by Gasteiger charge is -2.16. The van der Waals surface area contributed by atoms with Crippen molar-refractivity contribution in [2.24, 2.45) is 5.92 Å². The smallest absolute Gasteiger partial charge is 0.166 e. The SMILES string of the molecule is CCCCCCCCCCCCCCC(Cc1ccccc1)C(=O)c1ccc(O)cc1. The van der Waals surface area contributed by atoms with Crippen molar-refractivity contribution in [3.63, 3.8) is 0 Å². The zero-order chi connectivity index (χ0) is 22.2. The summed E-state index contributed by atoms with van der Waals surface area (Å²) in [6.07, 6.45) is 17.7. The molecule has 170 valence electrons. The van der Waals surface area contributed by atoms with E-state index >= 15 is 0 Å². The maximum absolute atomic E-state index is 13.1. The number of aromatic hydroxyl groups is 1. The molecule has 2 aromatic carbocycles. The number of Topliss-reactive ketones (excluding diaryl/α,β-unsaturated/α-hetero) is 1. The van der Waals surface area contributed by atoms with Gasteiger partial charge in [-0.05, 0) is 42.7 Å². The van der Waals surface area contributed by atoms with Gasteiger partial charge in [0.1, 0.15) is 5.75 Å². The second-order valence-electron chi connectivity index (χ2n) is 8.98. The molecule has 0 fully saturated rings. The largest absolute Gasteiger partial charge is 0.508 e. The summed E-state index contributed by atoms with van der Waals surface area (Å²) in [6, 6.07) is 17.0. The number of unbranched alkanes of at least 4 members (excludes halogenated alkanes) is 11. The predicted octanol–water partition coefficient (Wildman–Crippen LogP) is 8.53. The molecule has 1 atom stereocenters. The highest BCUT2D eigenvalue weighted by Gasteiger charge is 2.20. The van der Waals surface area contributed by atoms with Gasteiger partial charge in [-0.3, -0.25) is 4.79 Å². The molecule has 2 nitrogen and oxygen atoms in total. The number of benzene rings is 2. The van der Waals surface area contributed by atoms with E-state index in [1.165, 1.54) is 76.2 Å². The van der Waals surface area contributed by atoms with Gasteiger partial charge in [-0.15, -0.1) is 0 Å². The van der Waals surface area contributed by atoms with Crippen LogP contribution in [0.5, 0.6) is 5.75 Å². The molecular formula is C29H42O2. The molecular weight excluding hydrogens is 380 g/mol. The third-order valence-electron chi connectivity index (χ3n) is 6.25. The Morgan fingerprint density at radius 2 is 1.23 bits per heavy atom. The van der Waals surface area contributed by atoms with Crippen molar-refractivity contribution in [3.05, 3.63) is 65.7 Å². The number of hydrogen-bond acceptors (Lipinski definition) is 2. The molecule has 0 aliphatic heterocycles. The first-order chi connectivity index (χ1) is 15.2. The Morgan fingerprint density at radius 3 is 1.77 bits per heavy atom. The van der Waals surface area contributed by atoms with E-state index in [2.05, 4.69) is 19.1 Å². The van der Waals surface area contributed by atoms with Crippen LogP contribution in [-0.4, -0.2) is 10.9 Å². The highest BCUT2D eigenvalue weighted by atomic mass is 16.3. The van der Waals surface area contributed by atoms with Crippen LogP contribution < -0.4 is 0 Å². The molecule has 1 unspecified atom stereocenters. The lowest BCUT2D eigenvalue weighted by Crippen LogP contribution is -2.17. The zero-order valence-corrected chi connectivity index (χ0v) is 19.5. The summed E-state index contributed by atoms with van der Waals surface area (Å²) in [4.78, 5) is 13.1. The van der Waals surface area contributed by atoms with Crippen LogP contribution in [0, 0.1) is 5.92 Å². The number of phenols is 1. The molecule has 0 spiro atoms. The number of carbonyl (C=O) groups excluding carboxylic acids is 1. The van der Waals surface area contributed by atoms with Gasteiger partial charge in [0.2, 0.25) is 0 Å². The topological polar surface area (TPSA) is 37.3 Å². The summed E-state index contributed by atoms with van der Waals surface area (Å²) in [5.74, 6) is 0.416. The molecule has 2 aromatic rings. The molecule has 0 aromatic heterocycles. The van der Waals surface area contributed by atoms with Crippen LogP contribution in [0.3, 0.4) is 0 Å². The van der Waals surface area contributed by atoms with E-state index in [1.807, 2.05) is 18.2 Å². The number of ketones is 1. The van der Waals surface area contributed by atoms with E-state index < -0.39 is 0 Å². The van der Waals surface area contributed by atoms with E-state index in [0.29, 0.717) is 5.56 Å². The minimum atomic E-state index is 0.00932. The monoisotopic (exact) mass is 422 g/mol. The van der Waals surface area contributed by atoms with Crippen molar-refractivity contribution in [2.75, 3.05) is 0 Å². The molecule has 2 heteroatoms. The van der Waals surface area contributed by atoms with Gasteiger partial charge < -0.3 is 5.11 Å². The lowest BCUT2D eigenvalue weighted by atomic mass is 9.87. The van der Waals surface area contributed by atoms with E-state index in [0.717, 1.165) is 19.3 Å². The lowest BCUT2D eigenvalue weighted by molar-refractivity contribution is 0.0910. The van der Waals surface area contributed by atoms with Gasteiger partial charge in [-0.2, -0.15) is 0 Å². The molecule has 0 heterocycles. The Kier molecular flexibility index (Phi) is 12.7. The van der Waals surface area contributed by atoms with E-state index in [9.17, 15) is 9.90 Å². The zero-order valence-electron chi connectivity index (χ0n) is 19.5. The minimum Gasteiger partial charge on any atom is -0.508 e. The Hall–Kier alpha value is -2.09. The molecule has 31 heavy (non-hydrogen) atoms. The average Bonchev–Trinajstić information content (AvgIpc) is 2.79. The van der Waals surface area contributed by atoms with Gasteiger partial charge in [0.05, 0.1) is 0 Å². The van der Waals surface area contributed by atoms with E-state index in [4.69, 9.17) is 0 Å². The first-order valence-corrected chi connectivity index (χ1v) is 12.6. The molecule has 0 aliphatic rings. The average molecular weight is 423 g/mol. The van der Waals surface area contributed by atoms with Crippen LogP contribution in [0.15, 0.2) is 54.6 Å². The van der Waals surface area contributed by atoms with Crippen LogP contribution in [0.2, 0.25) is 0 Å². The van der Waals surface area contributed by atoms with Crippen molar-refractivity contribution in [2.45, 2.75) is 96.8 Å². The summed E-state index contributed by atoms with van der Waals surface area (Å²) in [6.45, 7) is 2.27. The molecule has 0 saturated carbocycles.